The van der Waals surface area contributed by atoms with Crippen LogP contribution in [0.5, 0.6) is 5.75 Å². The summed E-state index contributed by atoms with van der Waals surface area (Å²) in [6.07, 6.45) is 1.32. The number of benzene rings is 1. The largest absolute Gasteiger partial charge is 0.494 e. The molecule has 0 atom stereocenters. The van der Waals surface area contributed by atoms with Crippen LogP contribution in [0.1, 0.15) is 16.1 Å². The number of hydrogen-bond donors (Lipinski definition) is 0. The summed E-state index contributed by atoms with van der Waals surface area (Å²) in [4.78, 5) is 15.6. The fourth-order valence-corrected chi connectivity index (χ4v) is 1.78. The zero-order chi connectivity index (χ0) is 14.0. The van der Waals surface area contributed by atoms with E-state index in [-0.39, 0.29) is 11.3 Å². The standard InChI is InChI=1S/C14H12FNO3/c1-4-11-10(15)6-8-5-9(14(17)19-3)7-12(18-2)13(8)16-11/h4-7H,1H2,2-3H3. The number of aromatic nitrogens is 1. The monoisotopic (exact) mass is 261 g/mol. The third kappa shape index (κ3) is 2.27. The van der Waals surface area contributed by atoms with Crippen molar-refractivity contribution in [2.45, 2.75) is 0 Å². The molecule has 0 radical (unpaired) electrons. The van der Waals surface area contributed by atoms with Crippen molar-refractivity contribution in [3.05, 3.63) is 41.9 Å². The molecule has 4 nitrogen and oxygen atoms in total. The molecule has 0 spiro atoms. The second kappa shape index (κ2) is 5.06. The summed E-state index contributed by atoms with van der Waals surface area (Å²) in [5.41, 5.74) is 0.877. The number of rotatable bonds is 3. The highest BCUT2D eigenvalue weighted by atomic mass is 19.1. The molecule has 0 saturated heterocycles. The van der Waals surface area contributed by atoms with Crippen LogP contribution < -0.4 is 4.74 Å². The van der Waals surface area contributed by atoms with E-state index in [1.165, 1.54) is 38.5 Å². The highest BCUT2D eigenvalue weighted by Crippen LogP contribution is 2.28. The lowest BCUT2D eigenvalue weighted by atomic mass is 10.1. The Kier molecular flexibility index (Phi) is 3.46. The molecule has 0 aliphatic rings. The third-order valence-electron chi connectivity index (χ3n) is 2.70. The first-order valence-corrected chi connectivity index (χ1v) is 5.49. The topological polar surface area (TPSA) is 48.4 Å². The van der Waals surface area contributed by atoms with Gasteiger partial charge in [0.15, 0.2) is 0 Å². The molecule has 5 heteroatoms. The van der Waals surface area contributed by atoms with Gasteiger partial charge in [0.05, 0.1) is 25.5 Å². The minimum Gasteiger partial charge on any atom is -0.494 e. The van der Waals surface area contributed by atoms with Gasteiger partial charge in [-0.3, -0.25) is 0 Å². The molecule has 0 aliphatic heterocycles. The summed E-state index contributed by atoms with van der Waals surface area (Å²) < 4.78 is 23.5. The van der Waals surface area contributed by atoms with Crippen molar-refractivity contribution in [3.63, 3.8) is 0 Å². The Labute approximate surface area is 109 Å². The SMILES string of the molecule is C=Cc1nc2c(OC)cc(C(=O)OC)cc2cc1F. The number of hydrogen-bond acceptors (Lipinski definition) is 4. The maximum Gasteiger partial charge on any atom is 0.338 e. The van der Waals surface area contributed by atoms with Gasteiger partial charge in [0.2, 0.25) is 0 Å². The maximum absolute atomic E-state index is 13.7. The van der Waals surface area contributed by atoms with Crippen molar-refractivity contribution in [1.29, 1.82) is 0 Å². The van der Waals surface area contributed by atoms with Gasteiger partial charge in [-0.2, -0.15) is 0 Å². The van der Waals surface area contributed by atoms with Crippen LogP contribution in [0, 0.1) is 5.82 Å². The van der Waals surface area contributed by atoms with Crippen molar-refractivity contribution in [2.24, 2.45) is 0 Å². The number of nitrogens with zero attached hydrogens (tertiary/aromatic N) is 1. The highest BCUT2D eigenvalue weighted by molar-refractivity contribution is 5.97. The molecule has 0 aliphatic carbocycles. The van der Waals surface area contributed by atoms with Crippen LogP contribution in [0.3, 0.4) is 0 Å². The molecule has 0 amide bonds. The first kappa shape index (κ1) is 13.0. The van der Waals surface area contributed by atoms with E-state index in [1.54, 1.807) is 0 Å². The van der Waals surface area contributed by atoms with E-state index in [9.17, 15) is 9.18 Å². The lowest BCUT2D eigenvalue weighted by molar-refractivity contribution is 0.0600. The van der Waals surface area contributed by atoms with Crippen LogP contribution in [-0.4, -0.2) is 25.2 Å². The lowest BCUT2D eigenvalue weighted by Crippen LogP contribution is -2.03. The van der Waals surface area contributed by atoms with E-state index < -0.39 is 11.8 Å². The summed E-state index contributed by atoms with van der Waals surface area (Å²) in [5.74, 6) is -0.652. The van der Waals surface area contributed by atoms with Crippen LogP contribution in [0.25, 0.3) is 17.0 Å². The molecule has 2 aromatic rings. The smallest absolute Gasteiger partial charge is 0.338 e. The minimum atomic E-state index is -0.520. The van der Waals surface area contributed by atoms with Crippen LogP contribution in [0.4, 0.5) is 4.39 Å². The van der Waals surface area contributed by atoms with Gasteiger partial charge in [-0.25, -0.2) is 14.2 Å². The molecular weight excluding hydrogens is 249 g/mol. The van der Waals surface area contributed by atoms with Crippen LogP contribution in [0.2, 0.25) is 0 Å². The number of carbonyl (C=O) groups excluding carboxylic acids is 1. The molecular formula is C14H12FNO3. The quantitative estimate of drug-likeness (QED) is 0.797. The fraction of sp³-hybridized carbons (Fsp3) is 0.143. The number of halogens is 1. The average molecular weight is 261 g/mol. The van der Waals surface area contributed by atoms with Gasteiger partial charge in [0.1, 0.15) is 17.1 Å². The molecule has 2 rings (SSSR count). The van der Waals surface area contributed by atoms with Gasteiger partial charge in [0, 0.05) is 5.39 Å². The average Bonchev–Trinajstić information content (AvgIpc) is 2.44. The first-order valence-electron chi connectivity index (χ1n) is 5.49. The zero-order valence-corrected chi connectivity index (χ0v) is 10.6. The summed E-state index contributed by atoms with van der Waals surface area (Å²) in [6.45, 7) is 3.50. The van der Waals surface area contributed by atoms with Crippen molar-refractivity contribution in [1.82, 2.24) is 4.98 Å². The molecule has 1 aromatic heterocycles. The Morgan fingerprint density at radius 3 is 2.68 bits per heavy atom. The third-order valence-corrected chi connectivity index (χ3v) is 2.70. The Balaban J connectivity index is 2.77. The predicted molar refractivity (Wildman–Crippen MR) is 69.7 cm³/mol. The molecule has 98 valence electrons. The van der Waals surface area contributed by atoms with Gasteiger partial charge >= 0.3 is 5.97 Å². The van der Waals surface area contributed by atoms with Gasteiger partial charge in [-0.1, -0.05) is 6.58 Å². The second-order valence-corrected chi connectivity index (χ2v) is 3.80. The van der Waals surface area contributed by atoms with Crippen molar-refractivity contribution >= 4 is 22.9 Å². The first-order chi connectivity index (χ1) is 9.10. The van der Waals surface area contributed by atoms with Gasteiger partial charge in [-0.05, 0) is 24.3 Å². The van der Waals surface area contributed by atoms with Crippen LogP contribution in [-0.2, 0) is 4.74 Å². The molecule has 19 heavy (non-hydrogen) atoms. The number of pyridine rings is 1. The van der Waals surface area contributed by atoms with Crippen LogP contribution in [0.15, 0.2) is 24.8 Å². The van der Waals surface area contributed by atoms with Crippen molar-refractivity contribution in [2.75, 3.05) is 14.2 Å². The Morgan fingerprint density at radius 2 is 2.11 bits per heavy atom. The summed E-state index contributed by atoms with van der Waals surface area (Å²) in [6, 6.07) is 4.30. The highest BCUT2D eigenvalue weighted by Gasteiger charge is 2.14. The van der Waals surface area contributed by atoms with Gasteiger partial charge in [0.25, 0.3) is 0 Å². The number of fused-ring (bicyclic) bond motifs is 1. The zero-order valence-electron chi connectivity index (χ0n) is 10.6. The summed E-state index contributed by atoms with van der Waals surface area (Å²) in [7, 11) is 2.73. The Hall–Kier alpha value is -2.43. The fourth-order valence-electron chi connectivity index (χ4n) is 1.78. The summed E-state index contributed by atoms with van der Waals surface area (Å²) in [5, 5.41) is 0.461. The van der Waals surface area contributed by atoms with Crippen molar-refractivity contribution < 1.29 is 18.7 Å². The Morgan fingerprint density at radius 1 is 1.37 bits per heavy atom. The maximum atomic E-state index is 13.7. The number of methoxy groups -OCH3 is 2. The molecule has 1 aromatic carbocycles. The molecule has 0 fully saturated rings. The van der Waals surface area contributed by atoms with Gasteiger partial charge < -0.3 is 9.47 Å². The van der Waals surface area contributed by atoms with Gasteiger partial charge in [-0.15, -0.1) is 0 Å². The molecule has 0 bridgehead atoms. The Bertz CT molecular complexity index is 667. The van der Waals surface area contributed by atoms with Crippen LogP contribution >= 0.6 is 0 Å². The van der Waals surface area contributed by atoms with Crippen molar-refractivity contribution in [3.8, 4) is 5.75 Å². The lowest BCUT2D eigenvalue weighted by Gasteiger charge is -2.09. The van der Waals surface area contributed by atoms with E-state index in [0.29, 0.717) is 16.7 Å². The molecule has 0 unspecified atom stereocenters. The summed E-state index contributed by atoms with van der Waals surface area (Å²) >= 11 is 0. The molecule has 0 N–H and O–H groups in total. The van der Waals surface area contributed by atoms with E-state index in [0.717, 1.165) is 0 Å². The molecule has 0 saturated carbocycles. The predicted octanol–water partition coefficient (Wildman–Crippen LogP) is 2.81. The van der Waals surface area contributed by atoms with E-state index >= 15 is 0 Å². The number of ether oxygens (including phenoxy) is 2. The van der Waals surface area contributed by atoms with E-state index in [2.05, 4.69) is 16.3 Å². The normalized spacial score (nSPS) is 10.3. The number of carbonyl (C=O) groups is 1. The minimum absolute atomic E-state index is 0.136. The molecule has 1 heterocycles. The van der Waals surface area contributed by atoms with E-state index in [1.807, 2.05) is 0 Å². The second-order valence-electron chi connectivity index (χ2n) is 3.80. The number of esters is 1. The van der Waals surface area contributed by atoms with E-state index in [4.69, 9.17) is 4.74 Å².